The minimum atomic E-state index is -0.465. The van der Waals surface area contributed by atoms with Gasteiger partial charge in [0.2, 0.25) is 0 Å². The monoisotopic (exact) mass is 283 g/mol. The number of nitrogens with one attached hydrogen (secondary N) is 1. The quantitative estimate of drug-likeness (QED) is 0.889. The van der Waals surface area contributed by atoms with Crippen molar-refractivity contribution < 1.29 is 9.18 Å². The highest BCUT2D eigenvalue weighted by molar-refractivity contribution is 9.10. The molecule has 84 valence electrons. The van der Waals surface area contributed by atoms with Gasteiger partial charge in [-0.05, 0) is 43.4 Å². The van der Waals surface area contributed by atoms with Crippen molar-refractivity contribution in [2.24, 2.45) is 5.92 Å². The molecule has 1 amide bonds. The van der Waals surface area contributed by atoms with Gasteiger partial charge in [-0.1, -0.05) is 15.9 Å². The van der Waals surface area contributed by atoms with Crippen LogP contribution in [0.2, 0.25) is 0 Å². The van der Waals surface area contributed by atoms with Crippen LogP contribution in [0.3, 0.4) is 0 Å². The van der Waals surface area contributed by atoms with Crippen molar-refractivity contribution in [3.63, 3.8) is 0 Å². The summed E-state index contributed by atoms with van der Waals surface area (Å²) in [5.74, 6) is 0.0388. The molecule has 2 bridgehead atoms. The smallest absolute Gasteiger partial charge is 0.254 e. The van der Waals surface area contributed by atoms with Crippen LogP contribution in [0, 0.1) is 11.7 Å². The first-order valence-electron chi connectivity index (χ1n) is 5.36. The summed E-state index contributed by atoms with van der Waals surface area (Å²) >= 11 is 3.24. The molecule has 0 unspecified atom stereocenters. The Morgan fingerprint density at radius 3 is 2.69 bits per heavy atom. The van der Waals surface area contributed by atoms with Gasteiger partial charge in [0.15, 0.2) is 0 Å². The fourth-order valence-electron chi connectivity index (χ4n) is 2.61. The summed E-state index contributed by atoms with van der Waals surface area (Å²) in [6.07, 6.45) is 3.19. The summed E-state index contributed by atoms with van der Waals surface area (Å²) in [5, 5.41) is 2.94. The number of hydrogen-bond donors (Lipinski definition) is 1. The summed E-state index contributed by atoms with van der Waals surface area (Å²) in [4.78, 5) is 11.9. The van der Waals surface area contributed by atoms with E-state index in [4.69, 9.17) is 0 Å². The van der Waals surface area contributed by atoms with E-state index < -0.39 is 5.82 Å². The van der Waals surface area contributed by atoms with E-state index in [9.17, 15) is 9.18 Å². The molecule has 2 nitrogen and oxygen atoms in total. The molecule has 3 aliphatic carbocycles. The zero-order chi connectivity index (χ0) is 11.3. The number of halogens is 2. The SMILES string of the molecule is O=C(NC12CC(C1)C2)c1cc(Br)ccc1F. The molecule has 0 aliphatic heterocycles. The molecule has 0 radical (unpaired) electrons. The van der Waals surface area contributed by atoms with Crippen LogP contribution in [-0.2, 0) is 0 Å². The Morgan fingerprint density at radius 1 is 1.44 bits per heavy atom. The average molecular weight is 284 g/mol. The van der Waals surface area contributed by atoms with Crippen LogP contribution < -0.4 is 5.32 Å². The van der Waals surface area contributed by atoms with E-state index in [1.54, 1.807) is 6.07 Å². The number of hydrogen-bond acceptors (Lipinski definition) is 1. The molecule has 3 fully saturated rings. The molecule has 4 heteroatoms. The fraction of sp³-hybridized carbons (Fsp3) is 0.417. The standard InChI is InChI=1S/C12H11BrFNO/c13-8-1-2-10(14)9(3-8)11(16)15-12-4-7(5-12)6-12/h1-3,7H,4-6H2,(H,15,16). The zero-order valence-corrected chi connectivity index (χ0v) is 10.2. The first-order chi connectivity index (χ1) is 7.58. The van der Waals surface area contributed by atoms with Crippen molar-refractivity contribution >= 4 is 21.8 Å². The second-order valence-corrected chi connectivity index (χ2v) is 5.75. The molecule has 1 aromatic rings. The van der Waals surface area contributed by atoms with E-state index in [1.807, 2.05) is 0 Å². The highest BCUT2D eigenvalue weighted by atomic mass is 79.9. The normalized spacial score (nSPS) is 30.2. The first-order valence-corrected chi connectivity index (χ1v) is 6.15. The summed E-state index contributed by atoms with van der Waals surface area (Å²) in [6, 6.07) is 4.42. The molecule has 0 atom stereocenters. The Morgan fingerprint density at radius 2 is 2.12 bits per heavy atom. The summed E-state index contributed by atoms with van der Waals surface area (Å²) < 4.78 is 14.2. The molecule has 0 aromatic heterocycles. The van der Waals surface area contributed by atoms with Gasteiger partial charge in [-0.2, -0.15) is 0 Å². The van der Waals surface area contributed by atoms with Crippen LogP contribution in [0.4, 0.5) is 4.39 Å². The van der Waals surface area contributed by atoms with Gasteiger partial charge in [0.1, 0.15) is 5.82 Å². The number of rotatable bonds is 2. The molecule has 16 heavy (non-hydrogen) atoms. The van der Waals surface area contributed by atoms with Crippen LogP contribution in [0.5, 0.6) is 0 Å². The minimum absolute atomic E-state index is 0.00346. The minimum Gasteiger partial charge on any atom is -0.346 e. The Bertz CT molecular complexity index is 457. The van der Waals surface area contributed by atoms with Gasteiger partial charge < -0.3 is 5.32 Å². The van der Waals surface area contributed by atoms with Gasteiger partial charge in [-0.3, -0.25) is 4.79 Å². The van der Waals surface area contributed by atoms with Crippen LogP contribution in [0.25, 0.3) is 0 Å². The lowest BCUT2D eigenvalue weighted by Gasteiger charge is -2.61. The Kier molecular flexibility index (Phi) is 2.11. The number of carbonyl (C=O) groups is 1. The van der Waals surface area contributed by atoms with Gasteiger partial charge in [0.25, 0.3) is 5.91 Å². The van der Waals surface area contributed by atoms with Crippen LogP contribution >= 0.6 is 15.9 Å². The van der Waals surface area contributed by atoms with Crippen molar-refractivity contribution in [2.75, 3.05) is 0 Å². The third-order valence-electron chi connectivity index (χ3n) is 3.59. The predicted octanol–water partition coefficient (Wildman–Crippen LogP) is 2.87. The maximum absolute atomic E-state index is 13.4. The molecular weight excluding hydrogens is 273 g/mol. The lowest BCUT2D eigenvalue weighted by molar-refractivity contribution is -0.0439. The largest absolute Gasteiger partial charge is 0.346 e. The van der Waals surface area contributed by atoms with E-state index in [1.165, 1.54) is 12.1 Å². The number of amides is 1. The van der Waals surface area contributed by atoms with Gasteiger partial charge in [-0.25, -0.2) is 4.39 Å². The van der Waals surface area contributed by atoms with Crippen molar-refractivity contribution in [1.82, 2.24) is 5.32 Å². The predicted molar refractivity (Wildman–Crippen MR) is 61.6 cm³/mol. The molecule has 3 saturated carbocycles. The molecule has 0 saturated heterocycles. The number of benzene rings is 1. The van der Waals surface area contributed by atoms with E-state index in [2.05, 4.69) is 21.2 Å². The van der Waals surface area contributed by atoms with Crippen molar-refractivity contribution in [3.05, 3.63) is 34.1 Å². The molecule has 3 aliphatic rings. The molecule has 1 N–H and O–H groups in total. The van der Waals surface area contributed by atoms with Crippen molar-refractivity contribution in [2.45, 2.75) is 24.8 Å². The second kappa shape index (κ2) is 3.29. The molecule has 0 spiro atoms. The molecule has 4 rings (SSSR count). The first kappa shape index (κ1) is 10.3. The van der Waals surface area contributed by atoms with Crippen LogP contribution in [0.15, 0.2) is 22.7 Å². The Hall–Kier alpha value is -0.900. The topological polar surface area (TPSA) is 29.1 Å². The molecular formula is C12H11BrFNO. The third-order valence-corrected chi connectivity index (χ3v) is 4.08. The van der Waals surface area contributed by atoms with Crippen molar-refractivity contribution in [1.29, 1.82) is 0 Å². The summed E-state index contributed by atoms with van der Waals surface area (Å²) in [5.41, 5.74) is 0.121. The van der Waals surface area contributed by atoms with Crippen molar-refractivity contribution in [3.8, 4) is 0 Å². The van der Waals surface area contributed by atoms with Gasteiger partial charge >= 0.3 is 0 Å². The van der Waals surface area contributed by atoms with Gasteiger partial charge in [0, 0.05) is 10.0 Å². The van der Waals surface area contributed by atoms with Gasteiger partial charge in [-0.15, -0.1) is 0 Å². The summed E-state index contributed by atoms with van der Waals surface area (Å²) in [6.45, 7) is 0. The highest BCUT2D eigenvalue weighted by Gasteiger charge is 2.57. The average Bonchev–Trinajstić information content (AvgIpc) is 2.13. The van der Waals surface area contributed by atoms with Gasteiger partial charge in [0.05, 0.1) is 5.56 Å². The Balaban J connectivity index is 1.80. The molecule has 0 heterocycles. The third kappa shape index (κ3) is 1.47. The lowest BCUT2D eigenvalue weighted by Crippen LogP contribution is -2.68. The van der Waals surface area contributed by atoms with E-state index in [0.29, 0.717) is 0 Å². The lowest BCUT2D eigenvalue weighted by atomic mass is 9.50. The second-order valence-electron chi connectivity index (χ2n) is 4.84. The maximum Gasteiger partial charge on any atom is 0.254 e. The fourth-order valence-corrected chi connectivity index (χ4v) is 2.97. The zero-order valence-electron chi connectivity index (χ0n) is 8.59. The van der Waals surface area contributed by atoms with Crippen LogP contribution in [0.1, 0.15) is 29.6 Å². The van der Waals surface area contributed by atoms with E-state index >= 15 is 0 Å². The highest BCUT2D eigenvalue weighted by Crippen LogP contribution is 2.56. The molecule has 1 aromatic carbocycles. The maximum atomic E-state index is 13.4. The van der Waals surface area contributed by atoms with E-state index in [-0.39, 0.29) is 17.0 Å². The number of carbonyl (C=O) groups excluding carboxylic acids is 1. The Labute approximate surface area is 101 Å². The summed E-state index contributed by atoms with van der Waals surface area (Å²) in [7, 11) is 0. The van der Waals surface area contributed by atoms with E-state index in [0.717, 1.165) is 29.7 Å². The van der Waals surface area contributed by atoms with Crippen LogP contribution in [-0.4, -0.2) is 11.4 Å².